The molecule has 2 aromatic heterocycles. The van der Waals surface area contributed by atoms with Crippen LogP contribution < -0.4 is 4.74 Å². The van der Waals surface area contributed by atoms with Crippen molar-refractivity contribution in [3.05, 3.63) is 82.7 Å². The van der Waals surface area contributed by atoms with E-state index in [1.54, 1.807) is 6.33 Å². The lowest BCUT2D eigenvalue weighted by Gasteiger charge is -2.39. The fourth-order valence-electron chi connectivity index (χ4n) is 4.78. The summed E-state index contributed by atoms with van der Waals surface area (Å²) in [5.74, 6) is 1.53. The number of aryl methyl sites for hydroxylation is 1. The lowest BCUT2D eigenvalue weighted by molar-refractivity contribution is -0.00351. The van der Waals surface area contributed by atoms with Gasteiger partial charge in [-0.3, -0.25) is 4.90 Å². The summed E-state index contributed by atoms with van der Waals surface area (Å²) < 4.78 is 8.02. The second kappa shape index (κ2) is 8.02. The summed E-state index contributed by atoms with van der Waals surface area (Å²) in [6.07, 6.45) is 3.91. The van der Waals surface area contributed by atoms with E-state index in [0.717, 1.165) is 58.4 Å². The minimum atomic E-state index is -0.647. The average molecular weight is 462 g/mol. The van der Waals surface area contributed by atoms with Crippen LogP contribution in [-0.2, 0) is 13.0 Å². The highest BCUT2D eigenvalue weighted by atomic mass is 35.5. The van der Waals surface area contributed by atoms with E-state index in [1.807, 2.05) is 60.2 Å². The molecule has 7 nitrogen and oxygen atoms in total. The minimum absolute atomic E-state index is 0.141. The lowest BCUT2D eigenvalue weighted by atomic mass is 9.95. The van der Waals surface area contributed by atoms with Crippen molar-refractivity contribution in [3.8, 4) is 22.8 Å². The Bertz CT molecular complexity index is 1330. The molecule has 0 fully saturated rings. The summed E-state index contributed by atoms with van der Waals surface area (Å²) in [6, 6.07) is 13.5. The molecule has 1 unspecified atom stereocenters. The number of H-pyrrole nitrogens is 1. The number of hydrogen-bond donors (Lipinski definition) is 2. The molecule has 0 saturated carbocycles. The zero-order valence-electron chi connectivity index (χ0n) is 18.2. The first-order chi connectivity index (χ1) is 16.1. The van der Waals surface area contributed by atoms with Gasteiger partial charge in [-0.2, -0.15) is 0 Å². The van der Waals surface area contributed by atoms with Gasteiger partial charge in [0.05, 0.1) is 34.5 Å². The SMILES string of the molecule is Cc1cn(-c2ccc3c(c2)[C@H](O)C(N2CCc4nc(-c5ccccc5Cl)[nH]c4C2)CO3)cn1. The molecule has 0 bridgehead atoms. The molecule has 0 aliphatic carbocycles. The number of aliphatic hydroxyl groups is 1. The molecule has 4 heterocycles. The van der Waals surface area contributed by atoms with E-state index in [1.165, 1.54) is 0 Å². The molecule has 4 aromatic rings. The molecule has 0 saturated heterocycles. The van der Waals surface area contributed by atoms with E-state index in [0.29, 0.717) is 18.2 Å². The molecular formula is C25H24ClN5O2. The van der Waals surface area contributed by atoms with Crippen molar-refractivity contribution < 1.29 is 9.84 Å². The van der Waals surface area contributed by atoms with Crippen molar-refractivity contribution in [2.75, 3.05) is 13.2 Å². The second-order valence-electron chi connectivity index (χ2n) is 8.68. The van der Waals surface area contributed by atoms with Crippen LogP contribution in [0.2, 0.25) is 5.02 Å². The zero-order chi connectivity index (χ0) is 22.5. The molecule has 33 heavy (non-hydrogen) atoms. The van der Waals surface area contributed by atoms with Crippen LogP contribution in [0.3, 0.4) is 0 Å². The van der Waals surface area contributed by atoms with Gasteiger partial charge in [0, 0.05) is 42.5 Å². The summed E-state index contributed by atoms with van der Waals surface area (Å²) in [5.41, 5.74) is 5.74. The maximum atomic E-state index is 11.3. The Morgan fingerprint density at radius 3 is 2.91 bits per heavy atom. The van der Waals surface area contributed by atoms with E-state index in [-0.39, 0.29) is 6.04 Å². The number of ether oxygens (including phenoxy) is 1. The highest BCUT2D eigenvalue weighted by molar-refractivity contribution is 6.33. The Labute approximate surface area is 196 Å². The van der Waals surface area contributed by atoms with Gasteiger partial charge in [0.1, 0.15) is 24.3 Å². The quantitative estimate of drug-likeness (QED) is 0.480. The fraction of sp³-hybridized carbons (Fsp3) is 0.280. The van der Waals surface area contributed by atoms with Crippen molar-refractivity contribution in [2.24, 2.45) is 0 Å². The second-order valence-corrected chi connectivity index (χ2v) is 9.09. The number of aromatic amines is 1. The highest BCUT2D eigenvalue weighted by Gasteiger charge is 2.36. The smallest absolute Gasteiger partial charge is 0.139 e. The summed E-state index contributed by atoms with van der Waals surface area (Å²) in [7, 11) is 0. The molecule has 2 aliphatic rings. The monoisotopic (exact) mass is 461 g/mol. The molecule has 6 rings (SSSR count). The van der Waals surface area contributed by atoms with Gasteiger partial charge in [-0.15, -0.1) is 0 Å². The molecule has 2 atom stereocenters. The van der Waals surface area contributed by atoms with Crippen LogP contribution in [0.15, 0.2) is 55.0 Å². The van der Waals surface area contributed by atoms with E-state index in [2.05, 4.69) is 14.9 Å². The minimum Gasteiger partial charge on any atom is -0.491 e. The Morgan fingerprint density at radius 2 is 2.09 bits per heavy atom. The highest BCUT2D eigenvalue weighted by Crippen LogP contribution is 2.37. The van der Waals surface area contributed by atoms with Gasteiger partial charge in [0.2, 0.25) is 0 Å². The molecule has 2 aromatic carbocycles. The number of benzene rings is 2. The number of aromatic nitrogens is 4. The van der Waals surface area contributed by atoms with Gasteiger partial charge in [-0.05, 0) is 37.3 Å². The van der Waals surface area contributed by atoms with Crippen molar-refractivity contribution >= 4 is 11.6 Å². The van der Waals surface area contributed by atoms with Crippen LogP contribution >= 0.6 is 11.6 Å². The van der Waals surface area contributed by atoms with Crippen molar-refractivity contribution in [1.82, 2.24) is 24.4 Å². The first-order valence-corrected chi connectivity index (χ1v) is 11.5. The predicted octanol–water partition coefficient (Wildman–Crippen LogP) is 4.08. The Balaban J connectivity index is 1.25. The standard InChI is InChI=1S/C25H24ClN5O2/c1-15-11-31(14-27-15)16-6-7-23-18(10-16)24(32)22(13-33-23)30-9-8-20-21(12-30)29-25(28-20)17-4-2-3-5-19(17)26/h2-7,10-11,14,22,24,32H,8-9,12-13H2,1H3,(H,28,29)/t22?,24-/m0/s1. The van der Waals surface area contributed by atoms with Crippen LogP contribution in [0.25, 0.3) is 17.1 Å². The van der Waals surface area contributed by atoms with E-state index >= 15 is 0 Å². The van der Waals surface area contributed by atoms with Crippen LogP contribution in [-0.4, -0.2) is 48.7 Å². The molecule has 2 aliphatic heterocycles. The molecular weight excluding hydrogens is 438 g/mol. The third kappa shape index (κ3) is 3.62. The predicted molar refractivity (Wildman–Crippen MR) is 126 cm³/mol. The van der Waals surface area contributed by atoms with Gasteiger partial charge in [0.15, 0.2) is 0 Å². The van der Waals surface area contributed by atoms with Crippen molar-refractivity contribution in [2.45, 2.75) is 32.0 Å². The summed E-state index contributed by atoms with van der Waals surface area (Å²) in [4.78, 5) is 14.8. The van der Waals surface area contributed by atoms with Crippen LogP contribution in [0.5, 0.6) is 5.75 Å². The maximum Gasteiger partial charge on any atom is 0.139 e. The van der Waals surface area contributed by atoms with E-state index < -0.39 is 6.10 Å². The molecule has 8 heteroatoms. The molecule has 2 N–H and O–H groups in total. The number of fused-ring (bicyclic) bond motifs is 2. The van der Waals surface area contributed by atoms with Crippen LogP contribution in [0.1, 0.15) is 28.7 Å². The molecule has 0 spiro atoms. The van der Waals surface area contributed by atoms with Crippen LogP contribution in [0.4, 0.5) is 0 Å². The normalized spacial score (nSPS) is 20.2. The van der Waals surface area contributed by atoms with Gasteiger partial charge in [-0.1, -0.05) is 23.7 Å². The number of hydrogen-bond acceptors (Lipinski definition) is 5. The van der Waals surface area contributed by atoms with Crippen molar-refractivity contribution in [1.29, 1.82) is 0 Å². The van der Waals surface area contributed by atoms with Gasteiger partial charge in [-0.25, -0.2) is 9.97 Å². The third-order valence-electron chi connectivity index (χ3n) is 6.56. The molecule has 0 radical (unpaired) electrons. The molecule has 168 valence electrons. The number of halogens is 1. The molecule has 0 amide bonds. The summed E-state index contributed by atoms with van der Waals surface area (Å²) in [5, 5.41) is 12.0. The summed E-state index contributed by atoms with van der Waals surface area (Å²) >= 11 is 6.37. The Hall–Kier alpha value is -3.13. The summed E-state index contributed by atoms with van der Waals surface area (Å²) in [6.45, 7) is 3.88. The van der Waals surface area contributed by atoms with Gasteiger partial charge < -0.3 is 19.4 Å². The average Bonchev–Trinajstić information content (AvgIpc) is 3.45. The van der Waals surface area contributed by atoms with Crippen molar-refractivity contribution in [3.63, 3.8) is 0 Å². The number of nitrogens with one attached hydrogen (secondary N) is 1. The van der Waals surface area contributed by atoms with E-state index in [9.17, 15) is 5.11 Å². The van der Waals surface area contributed by atoms with Gasteiger partial charge in [0.25, 0.3) is 0 Å². The third-order valence-corrected chi connectivity index (χ3v) is 6.88. The topological polar surface area (TPSA) is 79.2 Å². The first kappa shape index (κ1) is 20.5. The zero-order valence-corrected chi connectivity index (χ0v) is 19.0. The number of imidazole rings is 2. The maximum absolute atomic E-state index is 11.3. The Kier molecular flexibility index (Phi) is 4.98. The van der Waals surface area contributed by atoms with Crippen LogP contribution in [0, 0.1) is 6.92 Å². The lowest BCUT2D eigenvalue weighted by Crippen LogP contribution is -2.48. The Morgan fingerprint density at radius 1 is 1.21 bits per heavy atom. The first-order valence-electron chi connectivity index (χ1n) is 11.1. The van der Waals surface area contributed by atoms with E-state index in [4.69, 9.17) is 21.3 Å². The van der Waals surface area contributed by atoms with Gasteiger partial charge >= 0.3 is 0 Å². The largest absolute Gasteiger partial charge is 0.491 e. The fourth-order valence-corrected chi connectivity index (χ4v) is 5.00. The number of aliphatic hydroxyl groups excluding tert-OH is 1. The number of nitrogens with zero attached hydrogens (tertiary/aromatic N) is 4. The number of rotatable bonds is 3.